The Bertz CT molecular complexity index is 474. The van der Waals surface area contributed by atoms with E-state index in [0.717, 1.165) is 6.42 Å². The largest absolute Gasteiger partial charge is 0.264 e. The fraction of sp³-hybridized carbons (Fsp3) is 0.357. The summed E-state index contributed by atoms with van der Waals surface area (Å²) in [5, 5.41) is 2.70. The van der Waals surface area contributed by atoms with Crippen LogP contribution in [0.4, 0.5) is 0 Å². The summed E-state index contributed by atoms with van der Waals surface area (Å²) >= 11 is 6.05. The third-order valence-corrected chi connectivity index (χ3v) is 3.09. The molecular formula is C14H16ClN. The van der Waals surface area contributed by atoms with E-state index in [0.29, 0.717) is 5.92 Å². The van der Waals surface area contributed by atoms with Crippen LogP contribution in [0.2, 0.25) is 0 Å². The van der Waals surface area contributed by atoms with E-state index in [-0.39, 0.29) is 5.38 Å². The molecule has 2 atom stereocenters. The van der Waals surface area contributed by atoms with Gasteiger partial charge in [0, 0.05) is 23.2 Å². The Kier molecular flexibility index (Phi) is 3.45. The van der Waals surface area contributed by atoms with E-state index >= 15 is 0 Å². The summed E-state index contributed by atoms with van der Waals surface area (Å²) in [6, 6.07) is 8.37. The lowest BCUT2D eigenvalue weighted by molar-refractivity contribution is 0.673. The number of hydrogen-bond donors (Lipinski definition) is 0. The fourth-order valence-corrected chi connectivity index (χ4v) is 2.41. The van der Waals surface area contributed by atoms with Crippen molar-refractivity contribution in [3.63, 3.8) is 0 Å². The summed E-state index contributed by atoms with van der Waals surface area (Å²) < 4.78 is 0. The molecule has 0 saturated carbocycles. The van der Waals surface area contributed by atoms with Gasteiger partial charge < -0.3 is 0 Å². The summed E-state index contributed by atoms with van der Waals surface area (Å²) in [5.74, 6) is 0.450. The molecule has 2 rings (SSSR count). The van der Waals surface area contributed by atoms with Gasteiger partial charge in [-0.3, -0.25) is 4.98 Å². The van der Waals surface area contributed by atoms with E-state index in [9.17, 15) is 0 Å². The van der Waals surface area contributed by atoms with Crippen molar-refractivity contribution in [2.75, 3.05) is 0 Å². The van der Waals surface area contributed by atoms with E-state index in [2.05, 4.69) is 30.1 Å². The maximum atomic E-state index is 6.05. The van der Waals surface area contributed by atoms with Crippen LogP contribution < -0.4 is 0 Å². The second-order valence-electron chi connectivity index (χ2n) is 4.37. The van der Waals surface area contributed by atoms with Gasteiger partial charge in [0.25, 0.3) is 0 Å². The first-order chi connectivity index (χ1) is 7.68. The molecule has 2 aromatic rings. The van der Waals surface area contributed by atoms with Gasteiger partial charge in [0.15, 0.2) is 0 Å². The van der Waals surface area contributed by atoms with E-state index in [4.69, 9.17) is 11.6 Å². The van der Waals surface area contributed by atoms with Crippen molar-refractivity contribution in [3.05, 3.63) is 42.2 Å². The first-order valence-electron chi connectivity index (χ1n) is 5.65. The van der Waals surface area contributed by atoms with Gasteiger partial charge in [0.2, 0.25) is 0 Å². The lowest BCUT2D eigenvalue weighted by Gasteiger charge is -2.15. The predicted octanol–water partition coefficient (Wildman–Crippen LogP) is 4.36. The van der Waals surface area contributed by atoms with E-state index in [1.165, 1.54) is 16.3 Å². The summed E-state index contributed by atoms with van der Waals surface area (Å²) in [6.45, 7) is 4.25. The maximum absolute atomic E-state index is 6.05. The van der Waals surface area contributed by atoms with Gasteiger partial charge in [-0.05, 0) is 30.2 Å². The van der Waals surface area contributed by atoms with Gasteiger partial charge in [-0.2, -0.15) is 0 Å². The molecule has 0 aliphatic heterocycles. The molecular weight excluding hydrogens is 218 g/mol. The molecule has 0 N–H and O–H groups in total. The highest BCUT2D eigenvalue weighted by Crippen LogP contribution is 2.28. The summed E-state index contributed by atoms with van der Waals surface area (Å²) in [4.78, 5) is 4.30. The minimum absolute atomic E-state index is 0.203. The van der Waals surface area contributed by atoms with Crippen molar-refractivity contribution in [2.24, 2.45) is 0 Å². The second kappa shape index (κ2) is 4.84. The number of rotatable bonds is 3. The lowest BCUT2D eigenvalue weighted by atomic mass is 9.93. The summed E-state index contributed by atoms with van der Waals surface area (Å²) in [7, 11) is 0. The minimum atomic E-state index is 0.203. The van der Waals surface area contributed by atoms with Crippen LogP contribution >= 0.6 is 11.6 Å². The average Bonchev–Trinajstić information content (AvgIpc) is 2.27. The molecule has 1 aromatic carbocycles. The van der Waals surface area contributed by atoms with Gasteiger partial charge in [-0.15, -0.1) is 11.6 Å². The molecule has 1 aromatic heterocycles. The molecule has 84 valence electrons. The quantitative estimate of drug-likeness (QED) is 0.718. The Morgan fingerprint density at radius 1 is 1.19 bits per heavy atom. The average molecular weight is 234 g/mol. The zero-order valence-corrected chi connectivity index (χ0v) is 10.4. The highest BCUT2D eigenvalue weighted by molar-refractivity contribution is 6.20. The van der Waals surface area contributed by atoms with Gasteiger partial charge >= 0.3 is 0 Å². The van der Waals surface area contributed by atoms with Gasteiger partial charge in [-0.1, -0.05) is 31.2 Å². The van der Waals surface area contributed by atoms with Crippen LogP contribution in [0.15, 0.2) is 36.7 Å². The molecule has 0 bridgehead atoms. The minimum Gasteiger partial charge on any atom is -0.264 e. The molecule has 16 heavy (non-hydrogen) atoms. The number of alkyl halides is 1. The van der Waals surface area contributed by atoms with Crippen molar-refractivity contribution in [1.29, 1.82) is 0 Å². The van der Waals surface area contributed by atoms with Gasteiger partial charge in [-0.25, -0.2) is 0 Å². The van der Waals surface area contributed by atoms with Crippen molar-refractivity contribution >= 4 is 22.4 Å². The SMILES string of the molecule is CC(Cl)CC(C)c1cncc2ccccc12. The Balaban J connectivity index is 2.44. The van der Waals surface area contributed by atoms with Crippen LogP contribution in [0.5, 0.6) is 0 Å². The van der Waals surface area contributed by atoms with Crippen LogP contribution in [0, 0.1) is 0 Å². The van der Waals surface area contributed by atoms with E-state index < -0.39 is 0 Å². The highest BCUT2D eigenvalue weighted by Gasteiger charge is 2.11. The molecule has 0 aliphatic carbocycles. The standard InChI is InChI=1S/C14H16ClN/c1-10(7-11(2)15)14-9-16-8-12-5-3-4-6-13(12)14/h3-6,8-11H,7H2,1-2H3. The molecule has 2 heteroatoms. The molecule has 0 amide bonds. The molecule has 2 unspecified atom stereocenters. The summed E-state index contributed by atoms with van der Waals surface area (Å²) in [5.41, 5.74) is 1.30. The van der Waals surface area contributed by atoms with Crippen LogP contribution in [-0.4, -0.2) is 10.4 Å². The molecule has 1 heterocycles. The topological polar surface area (TPSA) is 12.9 Å². The number of hydrogen-bond acceptors (Lipinski definition) is 1. The smallest absolute Gasteiger partial charge is 0.0346 e. The van der Waals surface area contributed by atoms with Crippen LogP contribution in [0.25, 0.3) is 10.8 Å². The number of nitrogens with zero attached hydrogens (tertiary/aromatic N) is 1. The molecule has 0 saturated heterocycles. The maximum Gasteiger partial charge on any atom is 0.0346 e. The van der Waals surface area contributed by atoms with Crippen LogP contribution in [0.3, 0.4) is 0 Å². The number of benzene rings is 1. The van der Waals surface area contributed by atoms with Crippen LogP contribution in [0.1, 0.15) is 31.7 Å². The van der Waals surface area contributed by atoms with Crippen molar-refractivity contribution in [1.82, 2.24) is 4.98 Å². The first kappa shape index (κ1) is 11.4. The normalized spacial score (nSPS) is 14.9. The van der Waals surface area contributed by atoms with Gasteiger partial charge in [0.1, 0.15) is 0 Å². The summed E-state index contributed by atoms with van der Waals surface area (Å²) in [6.07, 6.45) is 4.86. The van der Waals surface area contributed by atoms with Gasteiger partial charge in [0.05, 0.1) is 0 Å². The fourth-order valence-electron chi connectivity index (χ4n) is 2.15. The highest BCUT2D eigenvalue weighted by atomic mass is 35.5. The predicted molar refractivity (Wildman–Crippen MR) is 70.1 cm³/mol. The zero-order chi connectivity index (χ0) is 11.5. The first-order valence-corrected chi connectivity index (χ1v) is 6.09. The Labute approximate surface area is 101 Å². The van der Waals surface area contributed by atoms with Crippen molar-refractivity contribution in [3.8, 4) is 0 Å². The third-order valence-electron chi connectivity index (χ3n) is 2.91. The number of halogens is 1. The van der Waals surface area contributed by atoms with Crippen LogP contribution in [-0.2, 0) is 0 Å². The molecule has 0 radical (unpaired) electrons. The number of pyridine rings is 1. The number of aromatic nitrogens is 1. The molecule has 0 spiro atoms. The van der Waals surface area contributed by atoms with Crippen molar-refractivity contribution in [2.45, 2.75) is 31.6 Å². The molecule has 1 nitrogen and oxygen atoms in total. The molecule has 0 fully saturated rings. The monoisotopic (exact) mass is 233 g/mol. The third kappa shape index (κ3) is 2.35. The Hall–Kier alpha value is -1.08. The molecule has 0 aliphatic rings. The van der Waals surface area contributed by atoms with E-state index in [1.54, 1.807) is 0 Å². The number of fused-ring (bicyclic) bond motifs is 1. The van der Waals surface area contributed by atoms with E-state index in [1.807, 2.05) is 25.4 Å². The Morgan fingerprint density at radius 2 is 1.94 bits per heavy atom. The van der Waals surface area contributed by atoms with Crippen molar-refractivity contribution < 1.29 is 0 Å². The zero-order valence-electron chi connectivity index (χ0n) is 9.65. The lowest BCUT2D eigenvalue weighted by Crippen LogP contribution is -2.02. The Morgan fingerprint density at radius 3 is 2.69 bits per heavy atom. The second-order valence-corrected chi connectivity index (χ2v) is 5.11.